The van der Waals surface area contributed by atoms with Gasteiger partial charge in [-0.15, -0.1) is 12.4 Å². The maximum Gasteiger partial charge on any atom is 0.323 e. The predicted octanol–water partition coefficient (Wildman–Crippen LogP) is 2.24. The third-order valence-electron chi connectivity index (χ3n) is 6.16. The van der Waals surface area contributed by atoms with Gasteiger partial charge in [0.1, 0.15) is 29.7 Å². The second kappa shape index (κ2) is 12.1. The first-order valence-electron chi connectivity index (χ1n) is 11.3. The zero-order valence-electron chi connectivity index (χ0n) is 19.5. The van der Waals surface area contributed by atoms with Crippen molar-refractivity contribution in [3.63, 3.8) is 0 Å². The van der Waals surface area contributed by atoms with Gasteiger partial charge in [-0.1, -0.05) is 6.07 Å². The molecule has 3 aromatic rings. The van der Waals surface area contributed by atoms with E-state index in [1.54, 1.807) is 35.8 Å². The molecule has 10 nitrogen and oxygen atoms in total. The van der Waals surface area contributed by atoms with E-state index in [4.69, 9.17) is 14.7 Å². The number of aromatic nitrogens is 2. The van der Waals surface area contributed by atoms with Crippen molar-refractivity contribution in [2.24, 2.45) is 5.92 Å². The number of ether oxygens (including phenoxy) is 2. The number of aliphatic hydroxyl groups is 1. The molecule has 0 saturated carbocycles. The Morgan fingerprint density at radius 1 is 1.11 bits per heavy atom. The fourth-order valence-corrected chi connectivity index (χ4v) is 4.21. The normalized spacial score (nSPS) is 15.4. The molecule has 1 aliphatic rings. The molecule has 4 rings (SSSR count). The number of aromatic amines is 2. The van der Waals surface area contributed by atoms with E-state index in [0.717, 1.165) is 31.5 Å². The first kappa shape index (κ1) is 26.6. The summed E-state index contributed by atoms with van der Waals surface area (Å²) in [4.78, 5) is 30.7. The van der Waals surface area contributed by atoms with Gasteiger partial charge in [-0.25, -0.2) is 10.3 Å². The largest absolute Gasteiger partial charge is 0.493 e. The number of aliphatic hydroxyl groups excluding tert-OH is 1. The summed E-state index contributed by atoms with van der Waals surface area (Å²) in [7, 11) is 0. The fourth-order valence-electron chi connectivity index (χ4n) is 4.21. The number of piperidine rings is 1. The number of halogens is 1. The summed E-state index contributed by atoms with van der Waals surface area (Å²) in [5.74, 6) is 1.08. The molecule has 2 heterocycles. The molecule has 1 unspecified atom stereocenters. The van der Waals surface area contributed by atoms with Gasteiger partial charge in [-0.05, 0) is 74.7 Å². The highest BCUT2D eigenvalue weighted by Crippen LogP contribution is 2.25. The van der Waals surface area contributed by atoms with Crippen molar-refractivity contribution >= 4 is 29.3 Å². The number of fused-ring (bicyclic) bond motifs is 1. The van der Waals surface area contributed by atoms with E-state index < -0.39 is 12.0 Å². The number of rotatable bonds is 9. The van der Waals surface area contributed by atoms with E-state index in [1.807, 2.05) is 13.0 Å². The third kappa shape index (κ3) is 6.76. The number of hydrogen-bond acceptors (Lipinski definition) is 7. The highest BCUT2D eigenvalue weighted by Gasteiger charge is 2.22. The topological polar surface area (TPSA) is 140 Å². The number of hydrogen-bond donors (Lipinski definition) is 5. The average molecular weight is 507 g/mol. The average Bonchev–Trinajstić information content (AvgIpc) is 3.25. The van der Waals surface area contributed by atoms with Crippen molar-refractivity contribution in [2.45, 2.75) is 25.9 Å². The Morgan fingerprint density at radius 3 is 2.49 bits per heavy atom. The zero-order chi connectivity index (χ0) is 24.1. The number of imidazole rings is 1. The quantitative estimate of drug-likeness (QED) is 0.221. The van der Waals surface area contributed by atoms with Crippen molar-refractivity contribution in [1.82, 2.24) is 20.3 Å². The third-order valence-corrected chi connectivity index (χ3v) is 6.16. The summed E-state index contributed by atoms with van der Waals surface area (Å²) in [5, 5.41) is 19.1. The van der Waals surface area contributed by atoms with E-state index in [-0.39, 0.29) is 24.7 Å². The lowest BCUT2D eigenvalue weighted by atomic mass is 9.97. The lowest BCUT2D eigenvalue weighted by Crippen LogP contribution is -2.41. The molecule has 5 N–H and O–H groups in total. The van der Waals surface area contributed by atoms with Gasteiger partial charge in [-0.3, -0.25) is 10.0 Å². The fraction of sp³-hybridized carbons (Fsp3) is 0.417. The van der Waals surface area contributed by atoms with E-state index in [2.05, 4.69) is 14.9 Å². The van der Waals surface area contributed by atoms with Crippen LogP contribution in [0.2, 0.25) is 0 Å². The number of likely N-dealkylation sites (tertiary alicyclic amines) is 1. The SMILES string of the molecule is Cc1ccc(OCC(O)CN2CCC(COc3ccc(C(=O)NO)cc3)CC2)c2[nH]c(=O)[nH]c12.Cl. The van der Waals surface area contributed by atoms with E-state index >= 15 is 0 Å². The summed E-state index contributed by atoms with van der Waals surface area (Å²) in [6, 6.07) is 10.3. The van der Waals surface area contributed by atoms with Crippen LogP contribution in [0.3, 0.4) is 0 Å². The highest BCUT2D eigenvalue weighted by atomic mass is 35.5. The molecule has 0 aliphatic carbocycles. The number of hydroxylamine groups is 1. The molecule has 1 aromatic heterocycles. The molecule has 1 saturated heterocycles. The summed E-state index contributed by atoms with van der Waals surface area (Å²) in [6.07, 6.45) is 1.27. The second-order valence-electron chi connectivity index (χ2n) is 8.69. The summed E-state index contributed by atoms with van der Waals surface area (Å²) in [5.41, 5.74) is 3.95. The Balaban J connectivity index is 0.00000342. The number of amides is 1. The molecule has 35 heavy (non-hydrogen) atoms. The first-order valence-corrected chi connectivity index (χ1v) is 11.3. The van der Waals surface area contributed by atoms with Crippen LogP contribution in [0.1, 0.15) is 28.8 Å². The Bertz CT molecular complexity index is 1170. The predicted molar refractivity (Wildman–Crippen MR) is 133 cm³/mol. The van der Waals surface area contributed by atoms with Crippen molar-refractivity contribution in [3.8, 4) is 11.5 Å². The number of β-amino-alcohol motifs (C(OH)–C–C–N with tert-alkyl or cyclic N) is 1. The van der Waals surface area contributed by atoms with Crippen LogP contribution in [0, 0.1) is 12.8 Å². The standard InChI is InChI=1S/C24H30N4O6.ClH/c1-15-2-7-20(22-21(15)25-24(31)26-22)34-14-18(29)12-28-10-8-16(9-11-28)13-33-19-5-3-17(4-6-19)23(30)27-32;/h2-7,16,18,29,32H,8-14H2,1H3,(H,27,30)(H2,25,26,31);1H. The van der Waals surface area contributed by atoms with Gasteiger partial charge in [-0.2, -0.15) is 0 Å². The number of aryl methyl sites for hydroxylation is 1. The number of benzene rings is 2. The molecular weight excluding hydrogens is 476 g/mol. The van der Waals surface area contributed by atoms with E-state index in [9.17, 15) is 14.7 Å². The van der Waals surface area contributed by atoms with Gasteiger partial charge in [0.15, 0.2) is 0 Å². The monoisotopic (exact) mass is 506 g/mol. The van der Waals surface area contributed by atoms with Gasteiger partial charge in [0.2, 0.25) is 0 Å². The number of H-pyrrole nitrogens is 2. The van der Waals surface area contributed by atoms with Gasteiger partial charge in [0.05, 0.1) is 12.1 Å². The molecule has 0 radical (unpaired) electrons. The van der Waals surface area contributed by atoms with E-state index in [0.29, 0.717) is 47.2 Å². The van der Waals surface area contributed by atoms with Crippen LogP contribution < -0.4 is 20.6 Å². The maximum absolute atomic E-state index is 11.6. The maximum atomic E-state index is 11.6. The highest BCUT2D eigenvalue weighted by molar-refractivity contribution is 5.93. The molecule has 1 aliphatic heterocycles. The molecule has 11 heteroatoms. The summed E-state index contributed by atoms with van der Waals surface area (Å²) < 4.78 is 11.7. The smallest absolute Gasteiger partial charge is 0.323 e. The van der Waals surface area contributed by atoms with Crippen molar-refractivity contribution in [3.05, 3.63) is 58.0 Å². The van der Waals surface area contributed by atoms with Gasteiger partial charge in [0, 0.05) is 12.1 Å². The van der Waals surface area contributed by atoms with Crippen LogP contribution in [0.5, 0.6) is 11.5 Å². The van der Waals surface area contributed by atoms with Crippen LogP contribution in [0.25, 0.3) is 11.0 Å². The molecule has 1 amide bonds. The van der Waals surface area contributed by atoms with Crippen LogP contribution in [0.15, 0.2) is 41.2 Å². The van der Waals surface area contributed by atoms with E-state index in [1.165, 1.54) is 0 Å². The number of nitrogens with one attached hydrogen (secondary N) is 3. The van der Waals surface area contributed by atoms with Crippen LogP contribution in [-0.2, 0) is 0 Å². The first-order chi connectivity index (χ1) is 16.4. The lowest BCUT2D eigenvalue weighted by molar-refractivity contribution is 0.0506. The summed E-state index contributed by atoms with van der Waals surface area (Å²) >= 11 is 0. The minimum Gasteiger partial charge on any atom is -0.493 e. The minimum absolute atomic E-state index is 0. The Kier molecular flexibility index (Phi) is 9.16. The van der Waals surface area contributed by atoms with Crippen molar-refractivity contribution in [1.29, 1.82) is 0 Å². The van der Waals surface area contributed by atoms with Crippen molar-refractivity contribution < 1.29 is 24.6 Å². The molecule has 0 spiro atoms. The minimum atomic E-state index is -0.649. The molecule has 190 valence electrons. The van der Waals surface area contributed by atoms with Crippen LogP contribution >= 0.6 is 12.4 Å². The lowest BCUT2D eigenvalue weighted by Gasteiger charge is -2.33. The van der Waals surface area contributed by atoms with Gasteiger partial charge < -0.3 is 29.4 Å². The van der Waals surface area contributed by atoms with Crippen LogP contribution in [-0.4, -0.2) is 70.0 Å². The second-order valence-corrected chi connectivity index (χ2v) is 8.69. The number of nitrogens with zero attached hydrogens (tertiary/aromatic N) is 1. The number of carbonyl (C=O) groups excluding carboxylic acids is 1. The van der Waals surface area contributed by atoms with Gasteiger partial charge >= 0.3 is 5.69 Å². The molecule has 1 atom stereocenters. The molecule has 1 fully saturated rings. The number of carbonyl (C=O) groups is 1. The Morgan fingerprint density at radius 2 is 1.80 bits per heavy atom. The van der Waals surface area contributed by atoms with Gasteiger partial charge in [0.25, 0.3) is 5.91 Å². The van der Waals surface area contributed by atoms with Crippen LogP contribution in [0.4, 0.5) is 0 Å². The summed E-state index contributed by atoms with van der Waals surface area (Å²) in [6.45, 7) is 4.87. The molecule has 0 bridgehead atoms. The van der Waals surface area contributed by atoms with Crippen molar-refractivity contribution in [2.75, 3.05) is 32.8 Å². The molecule has 2 aromatic carbocycles. The Labute approximate surface area is 208 Å². The Hall–Kier alpha value is -3.05. The zero-order valence-corrected chi connectivity index (χ0v) is 20.3. The molecular formula is C24H31ClN4O6.